The van der Waals surface area contributed by atoms with Crippen molar-refractivity contribution < 1.29 is 9.84 Å². The highest BCUT2D eigenvalue weighted by molar-refractivity contribution is 5.44. The minimum absolute atomic E-state index is 0.0498. The van der Waals surface area contributed by atoms with E-state index in [1.165, 1.54) is 11.1 Å². The summed E-state index contributed by atoms with van der Waals surface area (Å²) < 4.78 is 5.39. The lowest BCUT2D eigenvalue weighted by Gasteiger charge is -2.32. The molecule has 1 aromatic rings. The predicted octanol–water partition coefficient (Wildman–Crippen LogP) is 2.04. The normalized spacial score (nSPS) is 23.2. The molecule has 0 fully saturated rings. The molecule has 0 aliphatic heterocycles. The van der Waals surface area contributed by atoms with Gasteiger partial charge in [-0.05, 0) is 43.0 Å². The summed E-state index contributed by atoms with van der Waals surface area (Å²) in [5.41, 5.74) is 2.44. The van der Waals surface area contributed by atoms with Crippen LogP contribution >= 0.6 is 0 Å². The minimum Gasteiger partial charge on any atom is -0.496 e. The molecule has 3 nitrogen and oxygen atoms in total. The van der Waals surface area contributed by atoms with Crippen molar-refractivity contribution in [1.82, 2.24) is 5.32 Å². The molecule has 0 amide bonds. The molecule has 1 aliphatic rings. The number of methoxy groups -OCH3 is 1. The van der Waals surface area contributed by atoms with Gasteiger partial charge in [-0.2, -0.15) is 0 Å². The number of ether oxygens (including phenoxy) is 1. The van der Waals surface area contributed by atoms with E-state index in [0.717, 1.165) is 31.6 Å². The zero-order valence-electron chi connectivity index (χ0n) is 10.6. The van der Waals surface area contributed by atoms with Gasteiger partial charge < -0.3 is 15.2 Å². The van der Waals surface area contributed by atoms with Crippen molar-refractivity contribution in [1.29, 1.82) is 0 Å². The quantitative estimate of drug-likeness (QED) is 0.839. The SMILES string of the molecule is CCCNC1c2cccc(OC)c2CCC1O. The van der Waals surface area contributed by atoms with Gasteiger partial charge in [0.2, 0.25) is 0 Å². The number of rotatable bonds is 4. The molecular formula is C14H21NO2. The molecule has 2 unspecified atom stereocenters. The molecule has 2 atom stereocenters. The van der Waals surface area contributed by atoms with Gasteiger partial charge >= 0.3 is 0 Å². The van der Waals surface area contributed by atoms with Crippen LogP contribution in [-0.2, 0) is 6.42 Å². The summed E-state index contributed by atoms with van der Waals surface area (Å²) in [5, 5.41) is 13.5. The van der Waals surface area contributed by atoms with E-state index in [4.69, 9.17) is 4.74 Å². The van der Waals surface area contributed by atoms with Crippen LogP contribution in [-0.4, -0.2) is 24.9 Å². The first-order chi connectivity index (χ1) is 8.27. The van der Waals surface area contributed by atoms with E-state index in [-0.39, 0.29) is 12.1 Å². The molecule has 94 valence electrons. The Balaban J connectivity index is 2.30. The Labute approximate surface area is 103 Å². The maximum Gasteiger partial charge on any atom is 0.122 e. The lowest BCUT2D eigenvalue weighted by molar-refractivity contribution is 0.110. The fourth-order valence-corrected chi connectivity index (χ4v) is 2.54. The number of hydrogen-bond donors (Lipinski definition) is 2. The molecule has 0 heterocycles. The summed E-state index contributed by atoms with van der Waals surface area (Å²) >= 11 is 0. The first kappa shape index (κ1) is 12.4. The molecule has 17 heavy (non-hydrogen) atoms. The number of benzene rings is 1. The number of aliphatic hydroxyl groups is 1. The van der Waals surface area contributed by atoms with Gasteiger partial charge in [0.05, 0.1) is 19.3 Å². The molecule has 2 rings (SSSR count). The highest BCUT2D eigenvalue weighted by Gasteiger charge is 2.29. The second-order valence-corrected chi connectivity index (χ2v) is 4.57. The third-order valence-electron chi connectivity index (χ3n) is 3.41. The number of hydrogen-bond acceptors (Lipinski definition) is 3. The van der Waals surface area contributed by atoms with Gasteiger partial charge in [0.1, 0.15) is 5.75 Å². The van der Waals surface area contributed by atoms with Crippen LogP contribution in [0.15, 0.2) is 18.2 Å². The van der Waals surface area contributed by atoms with E-state index in [1.807, 2.05) is 12.1 Å². The van der Waals surface area contributed by atoms with Crippen molar-refractivity contribution in [2.24, 2.45) is 0 Å². The van der Waals surface area contributed by atoms with E-state index in [0.29, 0.717) is 0 Å². The van der Waals surface area contributed by atoms with E-state index in [2.05, 4.69) is 18.3 Å². The Kier molecular flexibility index (Phi) is 4.02. The van der Waals surface area contributed by atoms with Gasteiger partial charge in [-0.3, -0.25) is 0 Å². The van der Waals surface area contributed by atoms with E-state index in [1.54, 1.807) is 7.11 Å². The maximum absolute atomic E-state index is 10.1. The Morgan fingerprint density at radius 1 is 1.47 bits per heavy atom. The lowest BCUT2D eigenvalue weighted by atomic mass is 9.85. The van der Waals surface area contributed by atoms with E-state index in [9.17, 15) is 5.11 Å². The highest BCUT2D eigenvalue weighted by Crippen LogP contribution is 2.35. The van der Waals surface area contributed by atoms with Gasteiger partial charge in [0, 0.05) is 0 Å². The van der Waals surface area contributed by atoms with Crippen LogP contribution in [0, 0.1) is 0 Å². The average molecular weight is 235 g/mol. The molecule has 0 spiro atoms. The van der Waals surface area contributed by atoms with Gasteiger partial charge in [-0.25, -0.2) is 0 Å². The average Bonchev–Trinajstić information content (AvgIpc) is 2.36. The van der Waals surface area contributed by atoms with Gasteiger partial charge in [0.25, 0.3) is 0 Å². The van der Waals surface area contributed by atoms with E-state index >= 15 is 0 Å². The highest BCUT2D eigenvalue weighted by atomic mass is 16.5. The zero-order valence-corrected chi connectivity index (χ0v) is 10.6. The summed E-state index contributed by atoms with van der Waals surface area (Å²) in [5.74, 6) is 0.942. The molecule has 1 aromatic carbocycles. The Morgan fingerprint density at radius 2 is 2.29 bits per heavy atom. The first-order valence-electron chi connectivity index (χ1n) is 6.35. The standard InChI is InChI=1S/C14H21NO2/c1-3-9-15-14-11-5-4-6-13(17-2)10(11)7-8-12(14)16/h4-6,12,14-16H,3,7-9H2,1-2H3. The Bertz CT molecular complexity index is 378. The van der Waals surface area contributed by atoms with Crippen LogP contribution in [0.5, 0.6) is 5.75 Å². The number of nitrogens with one attached hydrogen (secondary N) is 1. The van der Waals surface area contributed by atoms with Crippen LogP contribution in [0.2, 0.25) is 0 Å². The predicted molar refractivity (Wildman–Crippen MR) is 68.4 cm³/mol. The largest absolute Gasteiger partial charge is 0.496 e. The van der Waals surface area contributed by atoms with Gasteiger partial charge in [0.15, 0.2) is 0 Å². The zero-order chi connectivity index (χ0) is 12.3. The molecule has 0 aromatic heterocycles. The first-order valence-corrected chi connectivity index (χ1v) is 6.35. The third-order valence-corrected chi connectivity index (χ3v) is 3.41. The molecule has 2 N–H and O–H groups in total. The topological polar surface area (TPSA) is 41.5 Å². The van der Waals surface area contributed by atoms with Crippen LogP contribution < -0.4 is 10.1 Å². The maximum atomic E-state index is 10.1. The second kappa shape index (κ2) is 5.52. The summed E-state index contributed by atoms with van der Waals surface area (Å²) in [6, 6.07) is 6.13. The van der Waals surface area contributed by atoms with Crippen LogP contribution in [0.4, 0.5) is 0 Å². The molecule has 1 aliphatic carbocycles. The molecule has 0 radical (unpaired) electrons. The van der Waals surface area contributed by atoms with Crippen molar-refractivity contribution >= 4 is 0 Å². The van der Waals surface area contributed by atoms with Crippen LogP contribution in [0.25, 0.3) is 0 Å². The van der Waals surface area contributed by atoms with Crippen molar-refractivity contribution in [3.8, 4) is 5.75 Å². The Morgan fingerprint density at radius 3 is 3.00 bits per heavy atom. The van der Waals surface area contributed by atoms with Gasteiger partial charge in [-0.15, -0.1) is 0 Å². The summed E-state index contributed by atoms with van der Waals surface area (Å²) in [6.45, 7) is 3.06. The van der Waals surface area contributed by atoms with Crippen molar-refractivity contribution in [2.75, 3.05) is 13.7 Å². The number of aliphatic hydroxyl groups excluding tert-OH is 1. The molecule has 0 bridgehead atoms. The molecule has 3 heteroatoms. The fourth-order valence-electron chi connectivity index (χ4n) is 2.54. The molecule has 0 saturated heterocycles. The molecule has 0 saturated carbocycles. The minimum atomic E-state index is -0.291. The van der Waals surface area contributed by atoms with Crippen molar-refractivity contribution in [3.63, 3.8) is 0 Å². The van der Waals surface area contributed by atoms with E-state index < -0.39 is 0 Å². The van der Waals surface area contributed by atoms with Gasteiger partial charge in [-0.1, -0.05) is 19.1 Å². The van der Waals surface area contributed by atoms with Crippen molar-refractivity contribution in [3.05, 3.63) is 29.3 Å². The third kappa shape index (κ3) is 2.45. The Hall–Kier alpha value is -1.06. The summed E-state index contributed by atoms with van der Waals surface area (Å²) in [4.78, 5) is 0. The summed E-state index contributed by atoms with van der Waals surface area (Å²) in [7, 11) is 1.70. The smallest absolute Gasteiger partial charge is 0.122 e. The van der Waals surface area contributed by atoms with Crippen LogP contribution in [0.1, 0.15) is 36.9 Å². The van der Waals surface area contributed by atoms with Crippen LogP contribution in [0.3, 0.4) is 0 Å². The molecular weight excluding hydrogens is 214 g/mol. The fraction of sp³-hybridized carbons (Fsp3) is 0.571. The lowest BCUT2D eigenvalue weighted by Crippen LogP contribution is -2.36. The van der Waals surface area contributed by atoms with Crippen molar-refractivity contribution in [2.45, 2.75) is 38.3 Å². The summed E-state index contributed by atoms with van der Waals surface area (Å²) in [6.07, 6.45) is 2.48. The monoisotopic (exact) mass is 235 g/mol. The number of fused-ring (bicyclic) bond motifs is 1. The second-order valence-electron chi connectivity index (χ2n) is 4.57.